The highest BCUT2D eigenvalue weighted by atomic mass is 31.2. The summed E-state index contributed by atoms with van der Waals surface area (Å²) < 4.78 is 0. The number of hydrogen-bond acceptors (Lipinski definition) is 2. The molecule has 0 aromatic heterocycles. The zero-order valence-corrected chi connectivity index (χ0v) is 11.0. The highest BCUT2D eigenvalue weighted by molar-refractivity contribution is 7.45. The van der Waals surface area contributed by atoms with E-state index in [9.17, 15) is 0 Å². The normalized spacial score (nSPS) is 11.2. The van der Waals surface area contributed by atoms with Crippen molar-refractivity contribution in [2.45, 2.75) is 71.1 Å². The predicted octanol–water partition coefficient (Wildman–Crippen LogP) is 4.20. The third-order valence-corrected chi connectivity index (χ3v) is 3.43. The molecule has 0 atom stereocenters. The van der Waals surface area contributed by atoms with Crippen molar-refractivity contribution >= 4 is 8.38 Å². The Morgan fingerprint density at radius 3 is 1.47 bits per heavy atom. The van der Waals surface area contributed by atoms with E-state index in [1.165, 1.54) is 51.4 Å². The van der Waals surface area contributed by atoms with Crippen LogP contribution in [0.2, 0.25) is 0 Å². The average Bonchev–Trinajstić information content (AvgIpc) is 2.20. The van der Waals surface area contributed by atoms with Crippen LogP contribution in [-0.2, 0) is 0 Å². The van der Waals surface area contributed by atoms with E-state index in [1.807, 2.05) is 0 Å². The molecule has 2 N–H and O–H groups in total. The number of rotatable bonds is 11. The minimum atomic E-state index is -1.64. The third kappa shape index (κ3) is 14.4. The van der Waals surface area contributed by atoms with Gasteiger partial charge >= 0.3 is 0 Å². The van der Waals surface area contributed by atoms with Gasteiger partial charge in [-0.25, -0.2) is 0 Å². The second kappa shape index (κ2) is 12.4. The molecule has 0 aromatic rings. The van der Waals surface area contributed by atoms with Crippen LogP contribution in [0.5, 0.6) is 0 Å². The molecule has 0 bridgehead atoms. The van der Waals surface area contributed by atoms with Crippen molar-refractivity contribution in [3.8, 4) is 0 Å². The Balaban J connectivity index is 2.87. The van der Waals surface area contributed by atoms with E-state index in [0.717, 1.165) is 12.8 Å². The molecule has 0 spiro atoms. The van der Waals surface area contributed by atoms with Gasteiger partial charge in [-0.05, 0) is 6.42 Å². The first kappa shape index (κ1) is 15.3. The summed E-state index contributed by atoms with van der Waals surface area (Å²) in [5, 5.41) is 0. The minimum Gasteiger partial charge on any atom is -0.350 e. The summed E-state index contributed by atoms with van der Waals surface area (Å²) in [6.45, 7) is 2.25. The first-order chi connectivity index (χ1) is 7.27. The molecule has 15 heavy (non-hydrogen) atoms. The Hall–Kier alpha value is 0.350. The molecule has 3 heteroatoms. The molecule has 0 aromatic carbocycles. The first-order valence-corrected chi connectivity index (χ1v) is 7.86. The van der Waals surface area contributed by atoms with E-state index in [2.05, 4.69) is 6.92 Å². The lowest BCUT2D eigenvalue weighted by Gasteiger charge is -2.03. The Morgan fingerprint density at radius 1 is 0.667 bits per heavy atom. The van der Waals surface area contributed by atoms with Crippen molar-refractivity contribution < 1.29 is 9.79 Å². The van der Waals surface area contributed by atoms with Crippen LogP contribution in [-0.4, -0.2) is 15.9 Å². The van der Waals surface area contributed by atoms with Crippen LogP contribution >= 0.6 is 8.38 Å². The monoisotopic (exact) mass is 234 g/mol. The van der Waals surface area contributed by atoms with Crippen LogP contribution in [0.1, 0.15) is 71.1 Å². The molecule has 0 saturated carbocycles. The van der Waals surface area contributed by atoms with Gasteiger partial charge in [0.15, 0.2) is 8.38 Å². The lowest BCUT2D eigenvalue weighted by molar-refractivity contribution is 0.477. The van der Waals surface area contributed by atoms with Gasteiger partial charge in [0.2, 0.25) is 0 Å². The highest BCUT2D eigenvalue weighted by Crippen LogP contribution is 2.24. The summed E-state index contributed by atoms with van der Waals surface area (Å²) >= 11 is 0. The van der Waals surface area contributed by atoms with E-state index in [1.54, 1.807) is 0 Å². The standard InChI is InChI=1S/C12H27O2P/c1-2-3-4-5-6-7-8-9-10-11-12-15(13)14/h13-14H,2-12H2,1H3. The lowest BCUT2D eigenvalue weighted by atomic mass is 10.1. The highest BCUT2D eigenvalue weighted by Gasteiger charge is 1.97. The Labute approximate surface area is 96.0 Å². The predicted molar refractivity (Wildman–Crippen MR) is 68.1 cm³/mol. The SMILES string of the molecule is CCCCCCCCCCCCP(O)O. The molecule has 0 aliphatic carbocycles. The summed E-state index contributed by atoms with van der Waals surface area (Å²) in [7, 11) is -1.64. The van der Waals surface area contributed by atoms with Crippen molar-refractivity contribution in [3.63, 3.8) is 0 Å². The van der Waals surface area contributed by atoms with Crippen LogP contribution < -0.4 is 0 Å². The zero-order chi connectivity index (χ0) is 11.4. The fraction of sp³-hybridized carbons (Fsp3) is 1.00. The van der Waals surface area contributed by atoms with Gasteiger partial charge in [0.1, 0.15) is 0 Å². The summed E-state index contributed by atoms with van der Waals surface area (Å²) in [6.07, 6.45) is 13.6. The molecule has 0 amide bonds. The van der Waals surface area contributed by atoms with Crippen molar-refractivity contribution in [3.05, 3.63) is 0 Å². The first-order valence-electron chi connectivity index (χ1n) is 6.42. The van der Waals surface area contributed by atoms with E-state index in [-0.39, 0.29) is 0 Å². The molecule has 0 radical (unpaired) electrons. The van der Waals surface area contributed by atoms with Crippen molar-refractivity contribution in [1.29, 1.82) is 0 Å². The zero-order valence-electron chi connectivity index (χ0n) is 10.1. The summed E-state index contributed by atoms with van der Waals surface area (Å²) in [6, 6.07) is 0. The maximum Gasteiger partial charge on any atom is 0.164 e. The van der Waals surface area contributed by atoms with Gasteiger partial charge in [-0.15, -0.1) is 0 Å². The molecule has 92 valence electrons. The Kier molecular flexibility index (Phi) is 12.7. The molecule has 0 fully saturated rings. The molecule has 0 aliphatic rings. The van der Waals surface area contributed by atoms with Crippen LogP contribution in [0.15, 0.2) is 0 Å². The quantitative estimate of drug-likeness (QED) is 0.415. The third-order valence-electron chi connectivity index (χ3n) is 2.71. The topological polar surface area (TPSA) is 40.5 Å². The second-order valence-corrected chi connectivity index (χ2v) is 5.47. The number of unbranched alkanes of at least 4 members (excludes halogenated alkanes) is 9. The smallest absolute Gasteiger partial charge is 0.164 e. The van der Waals surface area contributed by atoms with Crippen molar-refractivity contribution in [2.75, 3.05) is 6.16 Å². The fourth-order valence-corrected chi connectivity index (χ4v) is 2.25. The average molecular weight is 234 g/mol. The summed E-state index contributed by atoms with van der Waals surface area (Å²) in [5.74, 6) is 0. The van der Waals surface area contributed by atoms with Gasteiger partial charge < -0.3 is 9.79 Å². The van der Waals surface area contributed by atoms with E-state index in [4.69, 9.17) is 9.79 Å². The lowest BCUT2D eigenvalue weighted by Crippen LogP contribution is -1.85. The molecular formula is C12H27O2P. The van der Waals surface area contributed by atoms with Gasteiger partial charge in [-0.1, -0.05) is 64.7 Å². The van der Waals surface area contributed by atoms with Gasteiger partial charge in [-0.2, -0.15) is 0 Å². The maximum absolute atomic E-state index is 8.70. The Morgan fingerprint density at radius 2 is 1.07 bits per heavy atom. The summed E-state index contributed by atoms with van der Waals surface area (Å²) in [4.78, 5) is 17.4. The molecule has 2 nitrogen and oxygen atoms in total. The Bertz CT molecular complexity index is 118. The van der Waals surface area contributed by atoms with Gasteiger partial charge in [0, 0.05) is 6.16 Å². The van der Waals surface area contributed by atoms with Crippen LogP contribution in [0.25, 0.3) is 0 Å². The number of hydrogen-bond donors (Lipinski definition) is 2. The van der Waals surface area contributed by atoms with Gasteiger partial charge in [0.05, 0.1) is 0 Å². The molecule has 0 rings (SSSR count). The fourth-order valence-electron chi connectivity index (χ4n) is 1.74. The van der Waals surface area contributed by atoms with Crippen molar-refractivity contribution in [2.24, 2.45) is 0 Å². The van der Waals surface area contributed by atoms with E-state index in [0.29, 0.717) is 6.16 Å². The van der Waals surface area contributed by atoms with Gasteiger partial charge in [-0.3, -0.25) is 0 Å². The second-order valence-electron chi connectivity index (χ2n) is 4.28. The van der Waals surface area contributed by atoms with Crippen LogP contribution in [0.4, 0.5) is 0 Å². The molecule has 0 unspecified atom stereocenters. The largest absolute Gasteiger partial charge is 0.350 e. The summed E-state index contributed by atoms with van der Waals surface area (Å²) in [5.41, 5.74) is 0. The van der Waals surface area contributed by atoms with E-state index >= 15 is 0 Å². The minimum absolute atomic E-state index is 0.603. The maximum atomic E-state index is 8.70. The molecule has 0 heterocycles. The molecular weight excluding hydrogens is 207 g/mol. The molecule has 0 saturated heterocycles. The van der Waals surface area contributed by atoms with Gasteiger partial charge in [0.25, 0.3) is 0 Å². The molecule has 0 aliphatic heterocycles. The van der Waals surface area contributed by atoms with Crippen LogP contribution in [0, 0.1) is 0 Å². The van der Waals surface area contributed by atoms with Crippen molar-refractivity contribution in [1.82, 2.24) is 0 Å². The van der Waals surface area contributed by atoms with E-state index < -0.39 is 8.38 Å². The van der Waals surface area contributed by atoms with Crippen LogP contribution in [0.3, 0.4) is 0 Å².